The van der Waals surface area contributed by atoms with Crippen molar-refractivity contribution in [2.75, 3.05) is 32.6 Å². The third-order valence-electron chi connectivity index (χ3n) is 3.98. The molecule has 0 aliphatic carbocycles. The van der Waals surface area contributed by atoms with Gasteiger partial charge in [0.1, 0.15) is 18.9 Å². The van der Waals surface area contributed by atoms with E-state index >= 15 is 0 Å². The van der Waals surface area contributed by atoms with Crippen LogP contribution in [0.25, 0.3) is 11.3 Å². The molecule has 0 aliphatic heterocycles. The van der Waals surface area contributed by atoms with Gasteiger partial charge in [0.15, 0.2) is 5.76 Å². The summed E-state index contributed by atoms with van der Waals surface area (Å²) in [6, 6.07) is 12.3. The van der Waals surface area contributed by atoms with Gasteiger partial charge in [0, 0.05) is 11.3 Å². The standard InChI is InChI=1S/C20H20F3N3O2/c1-26(2)11-12-27-17-9-3-14(4-10-17)18-13-24-19(28-18)25-16-7-5-15(6-8-16)20(21,22)23/h3-10,13H,11-12H2,1-2H3,(H,24,25)/p+1. The van der Waals surface area contributed by atoms with Crippen LogP contribution in [-0.4, -0.2) is 32.2 Å². The number of alkyl halides is 3. The van der Waals surface area contributed by atoms with Crippen molar-refractivity contribution < 1.29 is 27.2 Å². The van der Waals surface area contributed by atoms with Gasteiger partial charge < -0.3 is 19.4 Å². The Labute approximate surface area is 160 Å². The Morgan fingerprint density at radius 1 is 1.04 bits per heavy atom. The van der Waals surface area contributed by atoms with E-state index < -0.39 is 11.7 Å². The molecule has 3 rings (SSSR count). The maximum atomic E-state index is 12.6. The van der Waals surface area contributed by atoms with E-state index in [4.69, 9.17) is 9.15 Å². The van der Waals surface area contributed by atoms with Crippen LogP contribution >= 0.6 is 0 Å². The van der Waals surface area contributed by atoms with E-state index in [9.17, 15) is 13.2 Å². The van der Waals surface area contributed by atoms with Gasteiger partial charge in [0.2, 0.25) is 0 Å². The van der Waals surface area contributed by atoms with Crippen LogP contribution in [0.5, 0.6) is 5.75 Å². The summed E-state index contributed by atoms with van der Waals surface area (Å²) in [7, 11) is 4.12. The van der Waals surface area contributed by atoms with E-state index in [1.54, 1.807) is 6.20 Å². The van der Waals surface area contributed by atoms with Gasteiger partial charge in [0.05, 0.1) is 25.9 Å². The Balaban J connectivity index is 1.62. The number of anilines is 2. The fourth-order valence-electron chi connectivity index (χ4n) is 2.42. The van der Waals surface area contributed by atoms with Crippen molar-refractivity contribution in [3.8, 4) is 17.1 Å². The van der Waals surface area contributed by atoms with Crippen molar-refractivity contribution in [1.82, 2.24) is 4.98 Å². The third-order valence-corrected chi connectivity index (χ3v) is 3.98. The molecule has 5 nitrogen and oxygen atoms in total. The lowest BCUT2D eigenvalue weighted by atomic mass is 10.2. The molecule has 1 heterocycles. The van der Waals surface area contributed by atoms with Crippen molar-refractivity contribution in [3.05, 3.63) is 60.3 Å². The topological polar surface area (TPSA) is 51.7 Å². The first-order valence-electron chi connectivity index (χ1n) is 8.73. The molecule has 0 fully saturated rings. The normalized spacial score (nSPS) is 11.6. The Morgan fingerprint density at radius 2 is 1.71 bits per heavy atom. The van der Waals surface area contributed by atoms with Gasteiger partial charge in [0.25, 0.3) is 6.01 Å². The number of hydrogen-bond donors (Lipinski definition) is 2. The fraction of sp³-hybridized carbons (Fsp3) is 0.250. The summed E-state index contributed by atoms with van der Waals surface area (Å²) in [6.45, 7) is 1.54. The number of nitrogens with zero attached hydrogens (tertiary/aromatic N) is 1. The molecular formula is C20H21F3N3O2+. The molecule has 3 aromatic rings. The van der Waals surface area contributed by atoms with Crippen LogP contribution in [0.15, 0.2) is 59.1 Å². The molecule has 28 heavy (non-hydrogen) atoms. The zero-order valence-corrected chi connectivity index (χ0v) is 15.5. The third kappa shape index (κ3) is 5.26. The molecule has 0 saturated carbocycles. The van der Waals surface area contributed by atoms with Crippen LogP contribution in [0.2, 0.25) is 0 Å². The highest BCUT2D eigenvalue weighted by molar-refractivity contribution is 5.60. The molecule has 0 radical (unpaired) electrons. The Bertz CT molecular complexity index is 888. The minimum Gasteiger partial charge on any atom is -0.488 e. The number of oxazole rings is 1. The minimum absolute atomic E-state index is 0.198. The number of aromatic nitrogens is 1. The van der Waals surface area contributed by atoms with E-state index in [2.05, 4.69) is 24.4 Å². The summed E-state index contributed by atoms with van der Waals surface area (Å²) in [5.41, 5.74) is 0.562. The maximum Gasteiger partial charge on any atom is 0.416 e. The van der Waals surface area contributed by atoms with E-state index in [-0.39, 0.29) is 6.01 Å². The minimum atomic E-state index is -4.36. The number of nitrogens with one attached hydrogen (secondary N) is 2. The zero-order valence-electron chi connectivity index (χ0n) is 15.5. The molecular weight excluding hydrogens is 371 g/mol. The lowest BCUT2D eigenvalue weighted by molar-refractivity contribution is -0.858. The maximum absolute atomic E-state index is 12.6. The van der Waals surface area contributed by atoms with Crippen molar-refractivity contribution >= 4 is 11.7 Å². The summed E-state index contributed by atoms with van der Waals surface area (Å²) in [5, 5.41) is 2.85. The second-order valence-corrected chi connectivity index (χ2v) is 6.56. The number of hydrogen-bond acceptors (Lipinski definition) is 4. The first-order valence-corrected chi connectivity index (χ1v) is 8.73. The highest BCUT2D eigenvalue weighted by Gasteiger charge is 2.29. The van der Waals surface area contributed by atoms with Crippen molar-refractivity contribution in [1.29, 1.82) is 0 Å². The zero-order chi connectivity index (χ0) is 20.1. The van der Waals surface area contributed by atoms with Crippen molar-refractivity contribution in [3.63, 3.8) is 0 Å². The molecule has 0 spiro atoms. The van der Waals surface area contributed by atoms with Crippen LogP contribution in [0.3, 0.4) is 0 Å². The van der Waals surface area contributed by atoms with Crippen molar-refractivity contribution in [2.45, 2.75) is 6.18 Å². The smallest absolute Gasteiger partial charge is 0.416 e. The van der Waals surface area contributed by atoms with Gasteiger partial charge in [-0.2, -0.15) is 13.2 Å². The summed E-state index contributed by atoms with van der Waals surface area (Å²) < 4.78 is 49.1. The number of benzene rings is 2. The predicted octanol–water partition coefficient (Wildman–Crippen LogP) is 3.63. The summed E-state index contributed by atoms with van der Waals surface area (Å²) in [6.07, 6.45) is -2.81. The predicted molar refractivity (Wildman–Crippen MR) is 99.8 cm³/mol. The first kappa shape index (κ1) is 19.8. The van der Waals surface area contributed by atoms with Crippen LogP contribution in [0.4, 0.5) is 24.9 Å². The quantitative estimate of drug-likeness (QED) is 0.645. The van der Waals surface area contributed by atoms with Crippen molar-refractivity contribution in [2.24, 2.45) is 0 Å². The van der Waals surface area contributed by atoms with Gasteiger partial charge in [-0.25, -0.2) is 4.98 Å². The first-order chi connectivity index (χ1) is 13.3. The SMILES string of the molecule is C[NH+](C)CCOc1ccc(-c2cnc(Nc3ccc(C(F)(F)F)cc3)o2)cc1. The Kier molecular flexibility index (Phi) is 5.89. The average Bonchev–Trinajstić information content (AvgIpc) is 3.10. The summed E-state index contributed by atoms with van der Waals surface area (Å²) in [5.74, 6) is 1.31. The van der Waals surface area contributed by atoms with E-state index in [1.807, 2.05) is 24.3 Å². The molecule has 0 saturated heterocycles. The highest BCUT2D eigenvalue weighted by atomic mass is 19.4. The van der Waals surface area contributed by atoms with Crippen LogP contribution in [0, 0.1) is 0 Å². The van der Waals surface area contributed by atoms with E-state index in [1.165, 1.54) is 17.0 Å². The monoisotopic (exact) mass is 392 g/mol. The molecule has 2 N–H and O–H groups in total. The molecule has 0 aliphatic rings. The van der Waals surface area contributed by atoms with Gasteiger partial charge >= 0.3 is 6.18 Å². The molecule has 148 valence electrons. The second kappa shape index (κ2) is 8.35. The van der Waals surface area contributed by atoms with Crippen LogP contribution < -0.4 is 15.0 Å². The number of quaternary nitrogens is 1. The average molecular weight is 392 g/mol. The summed E-state index contributed by atoms with van der Waals surface area (Å²) in [4.78, 5) is 5.43. The number of ether oxygens (including phenoxy) is 1. The van der Waals surface area contributed by atoms with Crippen LogP contribution in [-0.2, 0) is 6.18 Å². The summed E-state index contributed by atoms with van der Waals surface area (Å²) >= 11 is 0. The van der Waals surface area contributed by atoms with Crippen LogP contribution in [0.1, 0.15) is 5.56 Å². The molecule has 0 amide bonds. The molecule has 0 unspecified atom stereocenters. The molecule has 8 heteroatoms. The number of likely N-dealkylation sites (N-methyl/N-ethyl adjacent to an activating group) is 1. The Morgan fingerprint density at radius 3 is 2.32 bits per heavy atom. The van der Waals surface area contributed by atoms with Gasteiger partial charge in [-0.3, -0.25) is 0 Å². The number of halogens is 3. The number of rotatable bonds is 7. The highest BCUT2D eigenvalue weighted by Crippen LogP contribution is 2.31. The second-order valence-electron chi connectivity index (χ2n) is 6.56. The molecule has 1 aromatic heterocycles. The van der Waals surface area contributed by atoms with Gasteiger partial charge in [-0.1, -0.05) is 0 Å². The largest absolute Gasteiger partial charge is 0.488 e. The van der Waals surface area contributed by atoms with E-state index in [0.717, 1.165) is 30.0 Å². The van der Waals surface area contributed by atoms with Gasteiger partial charge in [-0.05, 0) is 48.5 Å². The fourth-order valence-corrected chi connectivity index (χ4v) is 2.42. The lowest BCUT2D eigenvalue weighted by Gasteiger charge is -2.09. The van der Waals surface area contributed by atoms with Gasteiger partial charge in [-0.15, -0.1) is 0 Å². The van der Waals surface area contributed by atoms with E-state index in [0.29, 0.717) is 18.1 Å². The molecule has 0 atom stereocenters. The lowest BCUT2D eigenvalue weighted by Crippen LogP contribution is -3.06. The molecule has 2 aromatic carbocycles. The molecule has 0 bridgehead atoms. The Hall–Kier alpha value is -3.00.